The van der Waals surface area contributed by atoms with E-state index in [2.05, 4.69) is 75.4 Å². The van der Waals surface area contributed by atoms with Crippen LogP contribution in [0.5, 0.6) is 0 Å². The first-order chi connectivity index (χ1) is 11.3. The van der Waals surface area contributed by atoms with Crippen molar-refractivity contribution in [2.45, 2.75) is 74.1 Å². The average Bonchev–Trinajstić information content (AvgIpc) is 2.62. The highest BCUT2D eigenvalue weighted by Crippen LogP contribution is 2.09. The zero-order chi connectivity index (χ0) is 17.9. The maximum Gasteiger partial charge on any atom is -0.0276 e. The van der Waals surface area contributed by atoms with Crippen LogP contribution < -0.4 is 0 Å². The van der Waals surface area contributed by atoms with Crippen LogP contribution in [0.4, 0.5) is 0 Å². The summed E-state index contributed by atoms with van der Waals surface area (Å²) < 4.78 is 0. The molecular weight excluding hydrogens is 276 g/mol. The van der Waals surface area contributed by atoms with Gasteiger partial charge in [0.05, 0.1) is 0 Å². The summed E-state index contributed by atoms with van der Waals surface area (Å²) in [7, 11) is 0. The normalized spacial score (nSPS) is 8.48. The smallest absolute Gasteiger partial charge is 0.0276 e. The van der Waals surface area contributed by atoms with Gasteiger partial charge in [-0.05, 0) is 37.3 Å². The van der Waals surface area contributed by atoms with E-state index in [9.17, 15) is 0 Å². The molecule has 0 saturated carbocycles. The summed E-state index contributed by atoms with van der Waals surface area (Å²) in [6.07, 6.45) is 4.83. The number of hydrogen-bond donors (Lipinski definition) is 0. The maximum atomic E-state index is 2.24. The summed E-state index contributed by atoms with van der Waals surface area (Å²) in [5.41, 5.74) is 4.22. The molecule has 0 amide bonds. The van der Waals surface area contributed by atoms with Gasteiger partial charge in [0.1, 0.15) is 0 Å². The lowest BCUT2D eigenvalue weighted by Gasteiger charge is -2.02. The molecule has 0 saturated heterocycles. The van der Waals surface area contributed by atoms with E-state index in [-0.39, 0.29) is 0 Å². The van der Waals surface area contributed by atoms with Crippen LogP contribution in [0.2, 0.25) is 0 Å². The topological polar surface area (TPSA) is 0 Å². The van der Waals surface area contributed by atoms with Crippen LogP contribution in [0.1, 0.15) is 71.1 Å². The molecule has 2 aromatic rings. The van der Waals surface area contributed by atoms with Crippen molar-refractivity contribution in [1.82, 2.24) is 0 Å². The summed E-state index contributed by atoms with van der Waals surface area (Å²) in [4.78, 5) is 0. The predicted octanol–water partition coefficient (Wildman–Crippen LogP) is 7.64. The second kappa shape index (κ2) is 18.5. The molecular formula is C23H38. The molecule has 0 fully saturated rings. The minimum atomic E-state index is 1.18. The molecule has 0 spiro atoms. The first kappa shape index (κ1) is 23.7. The largest absolute Gasteiger partial charge is 0.0683 e. The fourth-order valence-corrected chi connectivity index (χ4v) is 1.90. The number of aryl methyl sites for hydroxylation is 3. The Morgan fingerprint density at radius 3 is 1.43 bits per heavy atom. The molecule has 0 radical (unpaired) electrons. The van der Waals surface area contributed by atoms with E-state index in [1.807, 2.05) is 27.7 Å². The van der Waals surface area contributed by atoms with Crippen LogP contribution in [-0.2, 0) is 12.8 Å². The summed E-state index contributed by atoms with van der Waals surface area (Å²) in [6.45, 7) is 14.4. The van der Waals surface area contributed by atoms with Crippen molar-refractivity contribution in [2.75, 3.05) is 0 Å². The van der Waals surface area contributed by atoms with Gasteiger partial charge >= 0.3 is 0 Å². The van der Waals surface area contributed by atoms with Gasteiger partial charge in [0, 0.05) is 0 Å². The highest BCUT2D eigenvalue weighted by atomic mass is 14.0. The Labute approximate surface area is 146 Å². The monoisotopic (exact) mass is 314 g/mol. The third-order valence-corrected chi connectivity index (χ3v) is 2.89. The van der Waals surface area contributed by atoms with Crippen LogP contribution in [0, 0.1) is 6.92 Å². The minimum absolute atomic E-state index is 1.18. The lowest BCUT2D eigenvalue weighted by molar-refractivity contribution is 0.820. The maximum absolute atomic E-state index is 2.24. The van der Waals surface area contributed by atoms with Crippen LogP contribution in [0.25, 0.3) is 0 Å². The number of hydrogen-bond acceptors (Lipinski definition) is 0. The molecule has 2 aromatic carbocycles. The fraction of sp³-hybridized carbons (Fsp3) is 0.478. The summed E-state index contributed by atoms with van der Waals surface area (Å²) in [5.74, 6) is 0. The van der Waals surface area contributed by atoms with Crippen LogP contribution >= 0.6 is 0 Å². The molecule has 0 atom stereocenters. The van der Waals surface area contributed by atoms with Crippen molar-refractivity contribution >= 4 is 0 Å². The summed E-state index contributed by atoms with van der Waals surface area (Å²) in [6, 6.07) is 19.6. The molecule has 0 N–H and O–H groups in total. The second-order valence-corrected chi connectivity index (χ2v) is 5.03. The van der Waals surface area contributed by atoms with Crippen molar-refractivity contribution in [1.29, 1.82) is 0 Å². The van der Waals surface area contributed by atoms with Gasteiger partial charge < -0.3 is 0 Å². The Hall–Kier alpha value is -1.56. The Bertz CT molecular complexity index is 425. The molecule has 0 heterocycles. The van der Waals surface area contributed by atoms with Gasteiger partial charge in [-0.3, -0.25) is 0 Å². The molecule has 23 heavy (non-hydrogen) atoms. The van der Waals surface area contributed by atoms with Crippen molar-refractivity contribution < 1.29 is 0 Å². The lowest BCUT2D eigenvalue weighted by atomic mass is 10.0. The van der Waals surface area contributed by atoms with E-state index in [1.165, 1.54) is 42.4 Å². The first-order valence-electron chi connectivity index (χ1n) is 9.35. The van der Waals surface area contributed by atoms with Crippen LogP contribution in [0.15, 0.2) is 54.6 Å². The summed E-state index contributed by atoms with van der Waals surface area (Å²) >= 11 is 0. The van der Waals surface area contributed by atoms with E-state index in [0.717, 1.165) is 0 Å². The van der Waals surface area contributed by atoms with Gasteiger partial charge in [-0.2, -0.15) is 0 Å². The predicted molar refractivity (Wildman–Crippen MR) is 108 cm³/mol. The molecule has 2 rings (SSSR count). The SMILES string of the molecule is CC.CC.CCC.Cc1ccc(CCCc2ccccc2)cc1. The molecule has 0 aromatic heterocycles. The minimum Gasteiger partial charge on any atom is -0.0683 e. The fourth-order valence-electron chi connectivity index (χ4n) is 1.90. The van der Waals surface area contributed by atoms with Gasteiger partial charge in [-0.15, -0.1) is 0 Å². The molecule has 0 aliphatic rings. The molecule has 0 aliphatic heterocycles. The Morgan fingerprint density at radius 1 is 0.609 bits per heavy atom. The Morgan fingerprint density at radius 2 is 1.00 bits per heavy atom. The van der Waals surface area contributed by atoms with Crippen molar-refractivity contribution in [3.05, 3.63) is 71.3 Å². The molecule has 130 valence electrons. The lowest BCUT2D eigenvalue weighted by Crippen LogP contribution is -1.89. The van der Waals surface area contributed by atoms with Gasteiger partial charge in [-0.25, -0.2) is 0 Å². The first-order valence-corrected chi connectivity index (χ1v) is 9.35. The third kappa shape index (κ3) is 13.8. The number of benzene rings is 2. The zero-order valence-corrected chi connectivity index (χ0v) is 16.5. The van der Waals surface area contributed by atoms with E-state index < -0.39 is 0 Å². The number of rotatable bonds is 4. The molecule has 0 heteroatoms. The van der Waals surface area contributed by atoms with Crippen molar-refractivity contribution in [2.24, 2.45) is 0 Å². The standard InChI is InChI=1S/C16H18.C3H8.2C2H6/c1-14-10-12-16(13-11-14)9-5-8-15-6-3-2-4-7-15;1-3-2;2*1-2/h2-4,6-7,10-13H,5,8-9H2,1H3;3H2,1-2H3;2*1-2H3. The van der Waals surface area contributed by atoms with Gasteiger partial charge in [0.25, 0.3) is 0 Å². The average molecular weight is 315 g/mol. The molecule has 0 unspecified atom stereocenters. The zero-order valence-electron chi connectivity index (χ0n) is 16.5. The van der Waals surface area contributed by atoms with E-state index in [0.29, 0.717) is 0 Å². The van der Waals surface area contributed by atoms with E-state index in [1.54, 1.807) is 0 Å². The summed E-state index contributed by atoms with van der Waals surface area (Å²) in [5, 5.41) is 0. The van der Waals surface area contributed by atoms with E-state index >= 15 is 0 Å². The van der Waals surface area contributed by atoms with Crippen molar-refractivity contribution in [3.63, 3.8) is 0 Å². The van der Waals surface area contributed by atoms with Gasteiger partial charge in [-0.1, -0.05) is 108 Å². The Kier molecular flexibility index (Phi) is 19.1. The second-order valence-electron chi connectivity index (χ2n) is 5.03. The van der Waals surface area contributed by atoms with Crippen molar-refractivity contribution in [3.8, 4) is 0 Å². The quantitative estimate of drug-likeness (QED) is 0.544. The molecule has 0 nitrogen and oxygen atoms in total. The van der Waals surface area contributed by atoms with Gasteiger partial charge in [0.2, 0.25) is 0 Å². The van der Waals surface area contributed by atoms with Gasteiger partial charge in [0.15, 0.2) is 0 Å². The highest BCUT2D eigenvalue weighted by Gasteiger charge is 1.94. The third-order valence-electron chi connectivity index (χ3n) is 2.89. The molecule has 0 aliphatic carbocycles. The molecule has 0 bridgehead atoms. The Balaban J connectivity index is 0. The van der Waals surface area contributed by atoms with E-state index in [4.69, 9.17) is 0 Å². The van der Waals surface area contributed by atoms with Crippen LogP contribution in [0.3, 0.4) is 0 Å². The highest BCUT2D eigenvalue weighted by molar-refractivity contribution is 5.21. The van der Waals surface area contributed by atoms with Crippen LogP contribution in [-0.4, -0.2) is 0 Å².